The lowest BCUT2D eigenvalue weighted by Crippen LogP contribution is -2.30. The lowest BCUT2D eigenvalue weighted by atomic mass is 10.2. The van der Waals surface area contributed by atoms with Crippen molar-refractivity contribution >= 4 is 35.1 Å². The highest BCUT2D eigenvalue weighted by atomic mass is 35.5. The molecular weight excluding hydrogens is 322 g/mol. The number of nitrogens with one attached hydrogen (secondary N) is 1. The maximum absolute atomic E-state index is 12.2. The van der Waals surface area contributed by atoms with Crippen molar-refractivity contribution in [2.45, 2.75) is 12.8 Å². The minimum atomic E-state index is 0.00560. The largest absolute Gasteiger partial charge is 0.323 e. The lowest BCUT2D eigenvalue weighted by molar-refractivity contribution is -0.117. The smallest absolute Gasteiger partial charge is 0.238 e. The Bertz CT molecular complexity index is 722. The van der Waals surface area contributed by atoms with Gasteiger partial charge in [0.15, 0.2) is 0 Å². The lowest BCUT2D eigenvalue weighted by Gasteiger charge is -2.14. The second kappa shape index (κ2) is 8.08. The number of hydrogen-bond donors (Lipinski definition) is 1. The van der Waals surface area contributed by atoms with Gasteiger partial charge in [0.1, 0.15) is 0 Å². The second-order valence-corrected chi connectivity index (χ2v) is 6.29. The molecule has 0 spiro atoms. The van der Waals surface area contributed by atoms with Crippen LogP contribution in [0.5, 0.6) is 0 Å². The van der Waals surface area contributed by atoms with Crippen molar-refractivity contribution in [1.82, 2.24) is 4.90 Å². The summed E-state index contributed by atoms with van der Waals surface area (Å²) in [5.74, 6) is 0.00560. The Morgan fingerprint density at radius 3 is 2.58 bits per heavy atom. The number of benzene rings is 2. The molecule has 0 saturated carbocycles. The van der Waals surface area contributed by atoms with Gasteiger partial charge in [-0.1, -0.05) is 35.9 Å². The molecule has 0 bridgehead atoms. The molecule has 1 fully saturated rings. The van der Waals surface area contributed by atoms with E-state index >= 15 is 0 Å². The number of halogens is 1. The van der Waals surface area contributed by atoms with Crippen LogP contribution in [0.15, 0.2) is 53.5 Å². The number of carbonyl (C=O) groups is 1. The van der Waals surface area contributed by atoms with Crippen molar-refractivity contribution in [1.29, 1.82) is 0 Å². The van der Waals surface area contributed by atoms with E-state index in [-0.39, 0.29) is 5.91 Å². The highest BCUT2D eigenvalue weighted by molar-refractivity contribution is 6.30. The number of hydrogen-bond acceptors (Lipinski definition) is 3. The second-order valence-electron chi connectivity index (χ2n) is 5.86. The van der Waals surface area contributed by atoms with Gasteiger partial charge in [-0.25, -0.2) is 0 Å². The summed E-state index contributed by atoms with van der Waals surface area (Å²) < 4.78 is 0. The maximum atomic E-state index is 12.2. The van der Waals surface area contributed by atoms with Crippen LogP contribution in [0.3, 0.4) is 0 Å². The van der Waals surface area contributed by atoms with E-state index in [0.717, 1.165) is 30.0 Å². The summed E-state index contributed by atoms with van der Waals surface area (Å²) in [6, 6.07) is 15.0. The Morgan fingerprint density at radius 1 is 1.12 bits per heavy atom. The van der Waals surface area contributed by atoms with Gasteiger partial charge in [-0.3, -0.25) is 14.7 Å². The highest BCUT2D eigenvalue weighted by Crippen LogP contribution is 2.24. The molecule has 1 saturated heterocycles. The zero-order chi connectivity index (χ0) is 16.8. The summed E-state index contributed by atoms with van der Waals surface area (Å²) in [4.78, 5) is 18.9. The average molecular weight is 342 g/mol. The summed E-state index contributed by atoms with van der Waals surface area (Å²) in [6.45, 7) is 2.45. The monoisotopic (exact) mass is 341 g/mol. The van der Waals surface area contributed by atoms with Gasteiger partial charge >= 0.3 is 0 Å². The zero-order valence-corrected chi connectivity index (χ0v) is 14.2. The van der Waals surface area contributed by atoms with E-state index < -0.39 is 0 Å². The summed E-state index contributed by atoms with van der Waals surface area (Å²) in [5, 5.41) is 3.66. The molecule has 0 aromatic heterocycles. The third-order valence-electron chi connectivity index (χ3n) is 3.97. The molecule has 4 nitrogen and oxygen atoms in total. The van der Waals surface area contributed by atoms with E-state index in [1.54, 1.807) is 6.21 Å². The van der Waals surface area contributed by atoms with Crippen LogP contribution in [0.2, 0.25) is 5.02 Å². The molecule has 1 amide bonds. The molecule has 0 radical (unpaired) electrons. The van der Waals surface area contributed by atoms with Crippen molar-refractivity contribution in [3.8, 4) is 0 Å². The third kappa shape index (κ3) is 4.66. The van der Waals surface area contributed by atoms with E-state index in [2.05, 4.69) is 15.2 Å². The number of likely N-dealkylation sites (tertiary alicyclic amines) is 1. The number of carbonyl (C=O) groups excluding carboxylic acids is 1. The fourth-order valence-electron chi connectivity index (χ4n) is 2.72. The van der Waals surface area contributed by atoms with Gasteiger partial charge in [-0.15, -0.1) is 0 Å². The maximum Gasteiger partial charge on any atom is 0.238 e. The minimum Gasteiger partial charge on any atom is -0.323 e. The van der Waals surface area contributed by atoms with E-state index in [4.69, 9.17) is 11.6 Å². The molecule has 2 aromatic carbocycles. The van der Waals surface area contributed by atoms with Gasteiger partial charge in [0.05, 0.1) is 17.9 Å². The predicted octanol–water partition coefficient (Wildman–Crippen LogP) is 4.12. The first-order chi connectivity index (χ1) is 11.7. The van der Waals surface area contributed by atoms with E-state index in [1.807, 2.05) is 48.5 Å². The predicted molar refractivity (Wildman–Crippen MR) is 99.5 cm³/mol. The molecule has 1 heterocycles. The Labute approximate surface area is 147 Å². The van der Waals surface area contributed by atoms with Gasteiger partial charge in [0.25, 0.3) is 0 Å². The van der Waals surface area contributed by atoms with Crippen molar-refractivity contribution in [3.05, 3.63) is 59.1 Å². The molecule has 3 rings (SSSR count). The van der Waals surface area contributed by atoms with Crippen LogP contribution in [0.1, 0.15) is 18.4 Å². The molecule has 1 aliphatic rings. The number of rotatable bonds is 5. The molecular formula is C19H20ClN3O. The number of aliphatic imine (C=N–C) groups is 1. The van der Waals surface area contributed by atoms with Gasteiger partial charge in [-0.2, -0.15) is 0 Å². The summed E-state index contributed by atoms with van der Waals surface area (Å²) in [6.07, 6.45) is 4.12. The van der Waals surface area contributed by atoms with Crippen LogP contribution in [0.4, 0.5) is 11.4 Å². The van der Waals surface area contributed by atoms with Gasteiger partial charge < -0.3 is 5.32 Å². The fraction of sp³-hybridized carbons (Fsp3) is 0.263. The number of para-hydroxylation sites is 2. The summed E-state index contributed by atoms with van der Waals surface area (Å²) in [7, 11) is 0. The Kier molecular flexibility index (Phi) is 5.62. The van der Waals surface area contributed by atoms with Crippen LogP contribution in [0, 0.1) is 0 Å². The van der Waals surface area contributed by atoms with E-state index in [9.17, 15) is 4.79 Å². The molecule has 0 aliphatic carbocycles. The van der Waals surface area contributed by atoms with Crippen LogP contribution >= 0.6 is 11.6 Å². The fourth-order valence-corrected chi connectivity index (χ4v) is 2.84. The van der Waals surface area contributed by atoms with Crippen molar-refractivity contribution < 1.29 is 4.79 Å². The molecule has 1 N–H and O–H groups in total. The van der Waals surface area contributed by atoms with Crippen LogP contribution in [-0.4, -0.2) is 36.7 Å². The highest BCUT2D eigenvalue weighted by Gasteiger charge is 2.15. The summed E-state index contributed by atoms with van der Waals surface area (Å²) >= 11 is 5.89. The van der Waals surface area contributed by atoms with E-state index in [0.29, 0.717) is 11.6 Å². The molecule has 5 heteroatoms. The first-order valence-corrected chi connectivity index (χ1v) is 8.49. The average Bonchev–Trinajstić information content (AvgIpc) is 3.08. The number of anilines is 1. The van der Waals surface area contributed by atoms with Crippen LogP contribution < -0.4 is 5.32 Å². The van der Waals surface area contributed by atoms with Gasteiger partial charge in [0, 0.05) is 11.2 Å². The van der Waals surface area contributed by atoms with Crippen LogP contribution in [-0.2, 0) is 4.79 Å². The number of nitrogens with zero attached hydrogens (tertiary/aromatic N) is 2. The molecule has 0 atom stereocenters. The molecule has 0 unspecified atom stereocenters. The molecule has 124 valence electrons. The summed E-state index contributed by atoms with van der Waals surface area (Å²) in [5.41, 5.74) is 2.42. The zero-order valence-electron chi connectivity index (χ0n) is 13.4. The molecule has 24 heavy (non-hydrogen) atoms. The standard InChI is InChI=1S/C19H20ClN3O/c20-16-9-7-15(8-10-16)13-21-17-5-1-2-6-18(17)22-19(24)14-23-11-3-4-12-23/h1-2,5-10,13H,3-4,11-12,14H2,(H,22,24). The van der Waals surface area contributed by atoms with Crippen molar-refractivity contribution in [2.75, 3.05) is 25.0 Å². The van der Waals surface area contributed by atoms with E-state index in [1.165, 1.54) is 12.8 Å². The number of amides is 1. The first kappa shape index (κ1) is 16.7. The van der Waals surface area contributed by atoms with Crippen molar-refractivity contribution in [3.63, 3.8) is 0 Å². The molecule has 1 aliphatic heterocycles. The molecule has 2 aromatic rings. The van der Waals surface area contributed by atoms with Gasteiger partial charge in [0.2, 0.25) is 5.91 Å². The first-order valence-electron chi connectivity index (χ1n) is 8.11. The Balaban J connectivity index is 1.68. The third-order valence-corrected chi connectivity index (χ3v) is 4.22. The van der Waals surface area contributed by atoms with Crippen LogP contribution in [0.25, 0.3) is 0 Å². The Morgan fingerprint density at radius 2 is 1.83 bits per heavy atom. The Hall–Kier alpha value is -2.17. The minimum absolute atomic E-state index is 0.00560. The topological polar surface area (TPSA) is 44.7 Å². The quantitative estimate of drug-likeness (QED) is 0.831. The van der Waals surface area contributed by atoms with Gasteiger partial charge in [-0.05, 0) is 55.8 Å². The SMILES string of the molecule is O=C(CN1CCCC1)Nc1ccccc1N=Cc1ccc(Cl)cc1. The normalized spacial score (nSPS) is 15.0. The van der Waals surface area contributed by atoms with Crippen molar-refractivity contribution in [2.24, 2.45) is 4.99 Å².